The van der Waals surface area contributed by atoms with Crippen molar-refractivity contribution in [2.75, 3.05) is 13.1 Å². The lowest BCUT2D eigenvalue weighted by Crippen LogP contribution is -2.43. The molecule has 0 aromatic rings. The van der Waals surface area contributed by atoms with Gasteiger partial charge >= 0.3 is 0 Å². The highest BCUT2D eigenvalue weighted by molar-refractivity contribution is 5.82. The third kappa shape index (κ3) is 2.66. The van der Waals surface area contributed by atoms with Crippen LogP contribution in [0, 0.1) is 17.8 Å². The average Bonchev–Trinajstić information content (AvgIpc) is 2.81. The molecule has 2 aliphatic rings. The van der Waals surface area contributed by atoms with E-state index in [2.05, 4.69) is 6.92 Å². The number of rotatable bonds is 2. The Labute approximate surface area is 108 Å². The number of hydrogen-bond donors (Lipinski definition) is 2. The van der Waals surface area contributed by atoms with Crippen LogP contribution < -0.4 is 11.5 Å². The van der Waals surface area contributed by atoms with Gasteiger partial charge in [-0.15, -0.1) is 0 Å². The predicted molar refractivity (Wildman–Crippen MR) is 68.4 cm³/mol. The van der Waals surface area contributed by atoms with E-state index in [0.29, 0.717) is 25.4 Å². The third-order valence-corrected chi connectivity index (χ3v) is 4.51. The Morgan fingerprint density at radius 3 is 2.44 bits per heavy atom. The van der Waals surface area contributed by atoms with Crippen LogP contribution in [-0.4, -0.2) is 35.8 Å². The maximum Gasteiger partial charge on any atom is 0.225 e. The summed E-state index contributed by atoms with van der Waals surface area (Å²) in [5, 5.41) is 0. The highest BCUT2D eigenvalue weighted by atomic mass is 16.2. The maximum atomic E-state index is 12.3. The number of amides is 2. The Kier molecular flexibility index (Phi) is 3.90. The summed E-state index contributed by atoms with van der Waals surface area (Å²) in [6, 6.07) is 0.127. The molecular weight excluding hydrogens is 230 g/mol. The molecular formula is C13H23N3O2. The van der Waals surface area contributed by atoms with Gasteiger partial charge in [-0.3, -0.25) is 9.59 Å². The quantitative estimate of drug-likeness (QED) is 0.730. The topological polar surface area (TPSA) is 89.4 Å². The van der Waals surface area contributed by atoms with E-state index in [4.69, 9.17) is 11.5 Å². The van der Waals surface area contributed by atoms with E-state index in [1.165, 1.54) is 0 Å². The highest BCUT2D eigenvalue weighted by Gasteiger charge is 2.36. The van der Waals surface area contributed by atoms with Crippen LogP contribution in [0.1, 0.15) is 32.6 Å². The number of likely N-dealkylation sites (tertiary alicyclic amines) is 1. The number of nitrogens with zero attached hydrogens (tertiary/aromatic N) is 1. The first-order valence-electron chi connectivity index (χ1n) is 6.82. The normalized spacial score (nSPS) is 36.7. The summed E-state index contributed by atoms with van der Waals surface area (Å²) < 4.78 is 0. The third-order valence-electron chi connectivity index (χ3n) is 4.51. The van der Waals surface area contributed by atoms with E-state index < -0.39 is 0 Å². The molecule has 5 nitrogen and oxygen atoms in total. The maximum absolute atomic E-state index is 12.3. The lowest BCUT2D eigenvalue weighted by atomic mass is 9.79. The summed E-state index contributed by atoms with van der Waals surface area (Å²) in [5.74, 6) is 0.263. The van der Waals surface area contributed by atoms with Crippen LogP contribution in [0.4, 0.5) is 0 Å². The minimum atomic E-state index is -0.292. The summed E-state index contributed by atoms with van der Waals surface area (Å²) in [7, 11) is 0. The van der Waals surface area contributed by atoms with Crippen LogP contribution in [0.3, 0.4) is 0 Å². The summed E-state index contributed by atoms with van der Waals surface area (Å²) >= 11 is 0. The fraction of sp³-hybridized carbons (Fsp3) is 0.846. The van der Waals surface area contributed by atoms with Gasteiger partial charge in [-0.1, -0.05) is 6.92 Å². The van der Waals surface area contributed by atoms with Crippen LogP contribution in [-0.2, 0) is 9.59 Å². The number of nitrogens with two attached hydrogens (primary N) is 2. The number of carbonyl (C=O) groups is 2. The van der Waals surface area contributed by atoms with E-state index >= 15 is 0 Å². The van der Waals surface area contributed by atoms with Crippen molar-refractivity contribution in [1.82, 2.24) is 4.90 Å². The molecule has 1 heterocycles. The second-order valence-electron chi connectivity index (χ2n) is 5.82. The van der Waals surface area contributed by atoms with Crippen LogP contribution in [0.5, 0.6) is 0 Å². The molecule has 4 unspecified atom stereocenters. The summed E-state index contributed by atoms with van der Waals surface area (Å²) in [4.78, 5) is 25.2. The van der Waals surface area contributed by atoms with Crippen molar-refractivity contribution in [3.8, 4) is 0 Å². The lowest BCUT2D eigenvalue weighted by Gasteiger charge is -2.33. The standard InChI is InChI=1S/C13H23N3O2/c1-8-2-3-9(6-11(8)14)13(18)16-5-4-10(7-16)12(15)17/h8-11H,2-7,14H2,1H3,(H2,15,17). The summed E-state index contributed by atoms with van der Waals surface area (Å²) in [6.07, 6.45) is 3.42. The summed E-state index contributed by atoms with van der Waals surface area (Å²) in [6.45, 7) is 3.30. The minimum absolute atomic E-state index is 0.0443. The molecule has 0 radical (unpaired) electrons. The van der Waals surface area contributed by atoms with Gasteiger partial charge in [-0.2, -0.15) is 0 Å². The van der Waals surface area contributed by atoms with Crippen molar-refractivity contribution in [2.24, 2.45) is 29.2 Å². The highest BCUT2D eigenvalue weighted by Crippen LogP contribution is 2.30. The second kappa shape index (κ2) is 5.26. The van der Waals surface area contributed by atoms with Gasteiger partial charge < -0.3 is 16.4 Å². The Bertz CT molecular complexity index is 345. The molecule has 5 heteroatoms. The number of primary amides is 1. The van der Waals surface area contributed by atoms with Crippen LogP contribution in [0.25, 0.3) is 0 Å². The van der Waals surface area contributed by atoms with Crippen LogP contribution >= 0.6 is 0 Å². The lowest BCUT2D eigenvalue weighted by molar-refractivity contribution is -0.136. The zero-order valence-corrected chi connectivity index (χ0v) is 11.0. The van der Waals surface area contributed by atoms with Crippen molar-refractivity contribution >= 4 is 11.8 Å². The van der Waals surface area contributed by atoms with Crippen LogP contribution in [0.15, 0.2) is 0 Å². The van der Waals surface area contributed by atoms with Gasteiger partial charge in [0.15, 0.2) is 0 Å². The Balaban J connectivity index is 1.90. The zero-order chi connectivity index (χ0) is 13.3. The molecule has 0 aromatic heterocycles. The summed E-state index contributed by atoms with van der Waals surface area (Å²) in [5.41, 5.74) is 11.3. The van der Waals surface area contributed by atoms with Crippen molar-refractivity contribution in [3.63, 3.8) is 0 Å². The molecule has 1 saturated carbocycles. The van der Waals surface area contributed by atoms with Gasteiger partial charge in [0.25, 0.3) is 0 Å². The number of hydrogen-bond acceptors (Lipinski definition) is 3. The molecule has 4 N–H and O–H groups in total. The van der Waals surface area contributed by atoms with Gasteiger partial charge in [-0.05, 0) is 31.6 Å². The molecule has 4 atom stereocenters. The van der Waals surface area contributed by atoms with E-state index in [9.17, 15) is 9.59 Å². The largest absolute Gasteiger partial charge is 0.369 e. The first kappa shape index (κ1) is 13.3. The van der Waals surface area contributed by atoms with Crippen molar-refractivity contribution in [3.05, 3.63) is 0 Å². The molecule has 0 bridgehead atoms. The molecule has 2 fully saturated rings. The first-order chi connectivity index (χ1) is 8.49. The van der Waals surface area contributed by atoms with E-state index in [-0.39, 0.29) is 29.7 Å². The molecule has 0 aromatic carbocycles. The van der Waals surface area contributed by atoms with E-state index in [1.807, 2.05) is 0 Å². The van der Waals surface area contributed by atoms with Crippen LogP contribution in [0.2, 0.25) is 0 Å². The van der Waals surface area contributed by atoms with E-state index in [1.54, 1.807) is 4.90 Å². The van der Waals surface area contributed by atoms with Crippen molar-refractivity contribution in [1.29, 1.82) is 0 Å². The Morgan fingerprint density at radius 2 is 1.89 bits per heavy atom. The van der Waals surface area contributed by atoms with Crippen molar-refractivity contribution < 1.29 is 9.59 Å². The predicted octanol–water partition coefficient (Wildman–Crippen LogP) is 0.0837. The average molecular weight is 253 g/mol. The van der Waals surface area contributed by atoms with Gasteiger partial charge in [0.05, 0.1) is 5.92 Å². The van der Waals surface area contributed by atoms with Gasteiger partial charge in [0, 0.05) is 25.0 Å². The molecule has 1 saturated heterocycles. The molecule has 1 aliphatic heterocycles. The van der Waals surface area contributed by atoms with Gasteiger partial charge in [-0.25, -0.2) is 0 Å². The number of carbonyl (C=O) groups excluding carboxylic acids is 2. The molecule has 2 amide bonds. The fourth-order valence-electron chi connectivity index (χ4n) is 3.03. The first-order valence-corrected chi connectivity index (χ1v) is 6.82. The zero-order valence-electron chi connectivity index (χ0n) is 11.0. The Hall–Kier alpha value is -1.10. The Morgan fingerprint density at radius 1 is 1.17 bits per heavy atom. The van der Waals surface area contributed by atoms with Gasteiger partial charge in [0.1, 0.15) is 0 Å². The van der Waals surface area contributed by atoms with E-state index in [0.717, 1.165) is 19.3 Å². The van der Waals surface area contributed by atoms with Crippen molar-refractivity contribution in [2.45, 2.75) is 38.6 Å². The molecule has 102 valence electrons. The molecule has 2 rings (SSSR count). The molecule has 0 spiro atoms. The molecule has 18 heavy (non-hydrogen) atoms. The SMILES string of the molecule is CC1CCC(C(=O)N2CCC(C(N)=O)C2)CC1N. The molecule has 1 aliphatic carbocycles. The smallest absolute Gasteiger partial charge is 0.225 e. The fourth-order valence-corrected chi connectivity index (χ4v) is 3.03. The minimum Gasteiger partial charge on any atom is -0.369 e. The monoisotopic (exact) mass is 253 g/mol. The second-order valence-corrected chi connectivity index (χ2v) is 5.82. The van der Waals surface area contributed by atoms with Gasteiger partial charge in [0.2, 0.25) is 11.8 Å².